The Morgan fingerprint density at radius 1 is 1.08 bits per heavy atom. The number of hydrogen-bond donors (Lipinski definition) is 2. The van der Waals surface area contributed by atoms with E-state index < -0.39 is 0 Å². The summed E-state index contributed by atoms with van der Waals surface area (Å²) in [4.78, 5) is 12.0. The molecule has 0 aliphatic carbocycles. The third kappa shape index (κ3) is 8.41. The van der Waals surface area contributed by atoms with Crippen LogP contribution in [0.1, 0.15) is 33.1 Å². The van der Waals surface area contributed by atoms with Crippen molar-refractivity contribution in [2.45, 2.75) is 45.2 Å². The van der Waals surface area contributed by atoms with Gasteiger partial charge in [0.25, 0.3) is 0 Å². The van der Waals surface area contributed by atoms with Crippen molar-refractivity contribution in [3.63, 3.8) is 0 Å². The molecule has 0 aromatic carbocycles. The first-order valence-electron chi connectivity index (χ1n) is 9.70. The van der Waals surface area contributed by atoms with Crippen LogP contribution < -0.4 is 10.6 Å². The van der Waals surface area contributed by atoms with Crippen molar-refractivity contribution in [3.05, 3.63) is 0 Å². The van der Waals surface area contributed by atoms with Crippen molar-refractivity contribution in [2.24, 2.45) is 4.99 Å². The fourth-order valence-electron chi connectivity index (χ4n) is 3.60. The number of hydrogen-bond acceptors (Lipinski definition) is 4. The van der Waals surface area contributed by atoms with Gasteiger partial charge in [-0.3, -0.25) is 4.99 Å². The van der Waals surface area contributed by atoms with Gasteiger partial charge in [-0.2, -0.15) is 0 Å². The predicted octanol–water partition coefficient (Wildman–Crippen LogP) is 1.28. The Hall–Kier alpha value is -0.120. The minimum Gasteiger partial charge on any atom is -0.355 e. The van der Waals surface area contributed by atoms with E-state index in [0.29, 0.717) is 12.1 Å². The van der Waals surface area contributed by atoms with Gasteiger partial charge in [0, 0.05) is 58.4 Å². The number of piperidine rings is 1. The second-order valence-corrected chi connectivity index (χ2v) is 7.55. The average molecular weight is 466 g/mol. The van der Waals surface area contributed by atoms with E-state index in [9.17, 15) is 0 Å². The van der Waals surface area contributed by atoms with Crippen LogP contribution in [0.15, 0.2) is 4.99 Å². The molecule has 2 saturated heterocycles. The summed E-state index contributed by atoms with van der Waals surface area (Å²) in [5.74, 6) is 0.963. The number of guanidine groups is 1. The minimum atomic E-state index is 0. The van der Waals surface area contributed by atoms with Crippen LogP contribution in [0.5, 0.6) is 0 Å². The largest absolute Gasteiger partial charge is 0.355 e. The number of rotatable bonds is 5. The molecule has 2 aliphatic heterocycles. The van der Waals surface area contributed by atoms with E-state index >= 15 is 0 Å². The monoisotopic (exact) mass is 466 g/mol. The molecular weight excluding hydrogens is 427 g/mol. The lowest BCUT2D eigenvalue weighted by atomic mass is 10.0. The van der Waals surface area contributed by atoms with Gasteiger partial charge in [-0.15, -0.1) is 24.0 Å². The molecule has 0 saturated carbocycles. The first-order chi connectivity index (χ1) is 11.6. The third-order valence-corrected chi connectivity index (χ3v) is 5.36. The molecule has 25 heavy (non-hydrogen) atoms. The van der Waals surface area contributed by atoms with E-state index in [2.05, 4.69) is 51.2 Å². The van der Waals surface area contributed by atoms with Gasteiger partial charge in [0.15, 0.2) is 5.96 Å². The highest BCUT2D eigenvalue weighted by molar-refractivity contribution is 14.0. The quantitative estimate of drug-likeness (QED) is 0.363. The second-order valence-electron chi connectivity index (χ2n) is 7.55. The molecule has 0 amide bonds. The Balaban J connectivity index is 0.00000312. The summed E-state index contributed by atoms with van der Waals surface area (Å²) in [6.45, 7) is 13.8. The van der Waals surface area contributed by atoms with E-state index in [1.54, 1.807) is 0 Å². The zero-order valence-electron chi connectivity index (χ0n) is 16.6. The molecule has 2 aliphatic rings. The van der Waals surface area contributed by atoms with Gasteiger partial charge >= 0.3 is 0 Å². The molecule has 0 radical (unpaired) electrons. The Morgan fingerprint density at radius 3 is 2.44 bits per heavy atom. The molecule has 0 atom stereocenters. The molecule has 0 aromatic rings. The van der Waals surface area contributed by atoms with Gasteiger partial charge < -0.3 is 25.3 Å². The lowest BCUT2D eigenvalue weighted by molar-refractivity contribution is 0.167. The lowest BCUT2D eigenvalue weighted by Gasteiger charge is -2.35. The third-order valence-electron chi connectivity index (χ3n) is 5.36. The smallest absolute Gasteiger partial charge is 0.191 e. The van der Waals surface area contributed by atoms with Crippen LogP contribution in [-0.2, 0) is 0 Å². The van der Waals surface area contributed by atoms with Crippen molar-refractivity contribution >= 4 is 29.9 Å². The maximum Gasteiger partial charge on any atom is 0.191 e. The van der Waals surface area contributed by atoms with E-state index in [1.807, 2.05) is 7.05 Å². The average Bonchev–Trinajstić information content (AvgIpc) is 2.79. The number of likely N-dealkylation sites (N-methyl/N-ethyl adjacent to an activating group) is 1. The molecule has 2 rings (SSSR count). The number of likely N-dealkylation sites (tertiary alicyclic amines) is 1. The molecule has 0 unspecified atom stereocenters. The molecule has 2 N–H and O–H groups in total. The molecular formula is C18H39IN6. The van der Waals surface area contributed by atoms with Gasteiger partial charge in [0.05, 0.1) is 0 Å². The van der Waals surface area contributed by atoms with E-state index in [0.717, 1.165) is 19.0 Å². The van der Waals surface area contributed by atoms with Gasteiger partial charge in [-0.25, -0.2) is 0 Å². The van der Waals surface area contributed by atoms with E-state index in [1.165, 1.54) is 58.5 Å². The lowest BCUT2D eigenvalue weighted by Crippen LogP contribution is -2.50. The van der Waals surface area contributed by atoms with Crippen molar-refractivity contribution in [3.8, 4) is 0 Å². The highest BCUT2D eigenvalue weighted by atomic mass is 127. The number of nitrogens with one attached hydrogen (secondary N) is 2. The highest BCUT2D eigenvalue weighted by Gasteiger charge is 2.21. The molecule has 2 heterocycles. The Kier molecular flexibility index (Phi) is 11.3. The van der Waals surface area contributed by atoms with Crippen LogP contribution in [0, 0.1) is 0 Å². The zero-order chi connectivity index (χ0) is 17.4. The Morgan fingerprint density at radius 2 is 1.80 bits per heavy atom. The number of nitrogens with zero attached hydrogens (tertiary/aromatic N) is 4. The molecule has 7 heteroatoms. The number of halogens is 1. The van der Waals surface area contributed by atoms with E-state index in [4.69, 9.17) is 0 Å². The van der Waals surface area contributed by atoms with Crippen LogP contribution in [0.3, 0.4) is 0 Å². The maximum absolute atomic E-state index is 4.40. The summed E-state index contributed by atoms with van der Waals surface area (Å²) in [7, 11) is 4.09. The number of aliphatic imine (C=N–C) groups is 1. The molecule has 148 valence electrons. The normalized spacial score (nSPS) is 22.5. The van der Waals surface area contributed by atoms with Crippen LogP contribution in [0.25, 0.3) is 0 Å². The topological polar surface area (TPSA) is 46.1 Å². The fraction of sp³-hybridized carbons (Fsp3) is 0.944. The summed E-state index contributed by atoms with van der Waals surface area (Å²) >= 11 is 0. The Bertz CT molecular complexity index is 382. The molecule has 6 nitrogen and oxygen atoms in total. The second kappa shape index (κ2) is 12.3. The fourth-order valence-corrected chi connectivity index (χ4v) is 3.60. The molecule has 0 bridgehead atoms. The van der Waals surface area contributed by atoms with Crippen molar-refractivity contribution < 1.29 is 0 Å². The van der Waals surface area contributed by atoms with Gasteiger partial charge in [0.1, 0.15) is 0 Å². The summed E-state index contributed by atoms with van der Waals surface area (Å²) in [6.07, 6.45) is 3.69. The van der Waals surface area contributed by atoms with Crippen LogP contribution >= 0.6 is 24.0 Å². The standard InChI is InChI=1S/C18H38N6.HI/c1-16(2)24-11-6-17(7-12-24)21-18(19-3)20-8-13-23-10-5-9-22(4)14-15-23;/h16-17H,5-15H2,1-4H3,(H2,19,20,21);1H. The summed E-state index contributed by atoms with van der Waals surface area (Å²) < 4.78 is 0. The van der Waals surface area contributed by atoms with Crippen molar-refractivity contribution in [1.82, 2.24) is 25.3 Å². The van der Waals surface area contributed by atoms with Crippen LogP contribution in [0.2, 0.25) is 0 Å². The minimum absolute atomic E-state index is 0. The molecule has 0 spiro atoms. The van der Waals surface area contributed by atoms with Crippen molar-refractivity contribution in [1.29, 1.82) is 0 Å². The van der Waals surface area contributed by atoms with Crippen LogP contribution in [-0.4, -0.2) is 99.2 Å². The SMILES string of the molecule is CN=C(NCCN1CCCN(C)CC1)NC1CCN(C(C)C)CC1.I. The van der Waals surface area contributed by atoms with Gasteiger partial charge in [-0.05, 0) is 53.2 Å². The summed E-state index contributed by atoms with van der Waals surface area (Å²) in [5.41, 5.74) is 0. The first-order valence-corrected chi connectivity index (χ1v) is 9.70. The molecule has 0 aromatic heterocycles. The van der Waals surface area contributed by atoms with Crippen LogP contribution in [0.4, 0.5) is 0 Å². The summed E-state index contributed by atoms with van der Waals surface area (Å²) in [6, 6.07) is 1.22. The predicted molar refractivity (Wildman–Crippen MR) is 118 cm³/mol. The zero-order valence-corrected chi connectivity index (χ0v) is 19.0. The van der Waals surface area contributed by atoms with E-state index in [-0.39, 0.29) is 24.0 Å². The molecule has 2 fully saturated rings. The Labute approximate surface area is 171 Å². The maximum atomic E-state index is 4.40. The summed E-state index contributed by atoms with van der Waals surface area (Å²) in [5, 5.41) is 7.11. The first kappa shape index (κ1) is 22.9. The van der Waals surface area contributed by atoms with Crippen molar-refractivity contribution in [2.75, 3.05) is 66.5 Å². The highest BCUT2D eigenvalue weighted by Crippen LogP contribution is 2.12. The van der Waals surface area contributed by atoms with Gasteiger partial charge in [-0.1, -0.05) is 0 Å². The van der Waals surface area contributed by atoms with Gasteiger partial charge in [0.2, 0.25) is 0 Å².